The van der Waals surface area contributed by atoms with E-state index in [4.69, 9.17) is 0 Å². The van der Waals surface area contributed by atoms with Gasteiger partial charge in [0.15, 0.2) is 0 Å². The summed E-state index contributed by atoms with van der Waals surface area (Å²) in [6.07, 6.45) is 6.01. The first-order valence-electron chi connectivity index (χ1n) is 9.14. The molecule has 1 aromatic rings. The zero-order valence-corrected chi connectivity index (χ0v) is 17.8. The van der Waals surface area contributed by atoms with Crippen LogP contribution in [0.15, 0.2) is 0 Å². The van der Waals surface area contributed by atoms with Crippen molar-refractivity contribution in [2.45, 2.75) is 85.7 Å². The molecule has 2 heteroatoms. The van der Waals surface area contributed by atoms with E-state index in [-0.39, 0.29) is 15.5 Å². The molecule has 0 aliphatic carbocycles. The molecule has 0 amide bonds. The minimum Gasteiger partial charge on any atom is -0.118 e. The molecule has 1 aliphatic heterocycles. The summed E-state index contributed by atoms with van der Waals surface area (Å²) in [7, 11) is 0.274. The molecule has 0 spiro atoms. The van der Waals surface area contributed by atoms with Crippen molar-refractivity contribution in [3.8, 4) is 0 Å². The van der Waals surface area contributed by atoms with E-state index in [1.54, 1.807) is 21.7 Å². The van der Waals surface area contributed by atoms with Gasteiger partial charge in [-0.2, -0.15) is 0 Å². The SMILES string of the molecule is Cc1c(C)c(C)p(CCP2C(C(C)C)CCC2C(C)C)c1C. The normalized spacial score (nSPS) is 25.6. The summed E-state index contributed by atoms with van der Waals surface area (Å²) in [4.78, 5) is 0. The lowest BCUT2D eigenvalue weighted by Gasteiger charge is -2.30. The Bertz CT molecular complexity index is 469. The molecule has 1 fully saturated rings. The Hall–Kier alpha value is 0.210. The fraction of sp³-hybridized carbons (Fsp3) is 0.800. The van der Waals surface area contributed by atoms with Crippen molar-refractivity contribution in [3.63, 3.8) is 0 Å². The zero-order chi connectivity index (χ0) is 16.6. The van der Waals surface area contributed by atoms with Gasteiger partial charge in [0.25, 0.3) is 0 Å². The van der Waals surface area contributed by atoms with Gasteiger partial charge in [-0.3, -0.25) is 0 Å². The van der Waals surface area contributed by atoms with Crippen molar-refractivity contribution >= 4 is 15.5 Å². The van der Waals surface area contributed by atoms with Gasteiger partial charge in [0, 0.05) is 0 Å². The van der Waals surface area contributed by atoms with Gasteiger partial charge >= 0.3 is 0 Å². The van der Waals surface area contributed by atoms with Crippen LogP contribution in [0.4, 0.5) is 0 Å². The molecule has 0 bridgehead atoms. The van der Waals surface area contributed by atoms with Gasteiger partial charge < -0.3 is 0 Å². The van der Waals surface area contributed by atoms with Crippen molar-refractivity contribution in [2.75, 3.05) is 6.16 Å². The first-order valence-corrected chi connectivity index (χ1v) is 12.3. The summed E-state index contributed by atoms with van der Waals surface area (Å²) >= 11 is 0. The van der Waals surface area contributed by atoms with Crippen molar-refractivity contribution in [3.05, 3.63) is 21.7 Å². The largest absolute Gasteiger partial charge is 0.118 e. The fourth-order valence-electron chi connectivity index (χ4n) is 4.43. The topological polar surface area (TPSA) is 0 Å². The predicted octanol–water partition coefficient (Wildman–Crippen LogP) is 7.23. The molecule has 1 aromatic heterocycles. The summed E-state index contributed by atoms with van der Waals surface area (Å²) < 4.78 is 0. The third kappa shape index (κ3) is 3.49. The summed E-state index contributed by atoms with van der Waals surface area (Å²) in [5, 5.41) is 3.45. The molecule has 126 valence electrons. The van der Waals surface area contributed by atoms with E-state index in [2.05, 4.69) is 55.4 Å². The van der Waals surface area contributed by atoms with Gasteiger partial charge in [-0.15, -0.1) is 7.53 Å². The van der Waals surface area contributed by atoms with Crippen molar-refractivity contribution in [2.24, 2.45) is 11.8 Å². The maximum Gasteiger partial charge on any atom is -0.00963 e. The minimum atomic E-state index is 0.0364. The lowest BCUT2D eigenvalue weighted by Crippen LogP contribution is -2.16. The van der Waals surface area contributed by atoms with Crippen molar-refractivity contribution in [1.82, 2.24) is 0 Å². The lowest BCUT2D eigenvalue weighted by molar-refractivity contribution is 0.543. The lowest BCUT2D eigenvalue weighted by atomic mass is 10.0. The highest BCUT2D eigenvalue weighted by Gasteiger charge is 2.38. The van der Waals surface area contributed by atoms with Gasteiger partial charge in [0.1, 0.15) is 0 Å². The highest BCUT2D eigenvalue weighted by Crippen LogP contribution is 2.61. The summed E-state index contributed by atoms with van der Waals surface area (Å²) in [6.45, 7) is 19.4. The van der Waals surface area contributed by atoms with E-state index >= 15 is 0 Å². The highest BCUT2D eigenvalue weighted by molar-refractivity contribution is 7.61. The van der Waals surface area contributed by atoms with Crippen molar-refractivity contribution in [1.29, 1.82) is 0 Å². The Balaban J connectivity index is 2.16. The van der Waals surface area contributed by atoms with Crippen LogP contribution in [0.1, 0.15) is 62.3 Å². The average Bonchev–Trinajstić information content (AvgIpc) is 2.95. The molecule has 0 N–H and O–H groups in total. The summed E-state index contributed by atoms with van der Waals surface area (Å²) in [5.74, 6) is 1.78. The van der Waals surface area contributed by atoms with E-state index < -0.39 is 0 Å². The maximum absolute atomic E-state index is 2.47. The molecule has 1 saturated heterocycles. The molecule has 0 nitrogen and oxygen atoms in total. The summed E-state index contributed by atoms with van der Waals surface area (Å²) in [6, 6.07) is 0. The van der Waals surface area contributed by atoms with Crippen LogP contribution in [0.25, 0.3) is 0 Å². The van der Waals surface area contributed by atoms with E-state index in [9.17, 15) is 0 Å². The van der Waals surface area contributed by atoms with Crippen molar-refractivity contribution < 1.29 is 0 Å². The van der Waals surface area contributed by atoms with E-state index in [0.717, 1.165) is 23.2 Å². The second-order valence-electron chi connectivity index (χ2n) is 8.01. The third-order valence-electron chi connectivity index (χ3n) is 6.19. The smallest absolute Gasteiger partial charge is 0.00963 e. The van der Waals surface area contributed by atoms with E-state index in [1.807, 2.05) is 0 Å². The van der Waals surface area contributed by atoms with Gasteiger partial charge in [-0.25, -0.2) is 0 Å². The Morgan fingerprint density at radius 3 is 1.55 bits per heavy atom. The molecule has 2 rings (SSSR count). The predicted molar refractivity (Wildman–Crippen MR) is 106 cm³/mol. The Labute approximate surface area is 141 Å². The van der Waals surface area contributed by atoms with Crippen LogP contribution < -0.4 is 0 Å². The van der Waals surface area contributed by atoms with Gasteiger partial charge in [0.05, 0.1) is 0 Å². The molecule has 22 heavy (non-hydrogen) atoms. The first-order chi connectivity index (χ1) is 10.3. The molecule has 1 aliphatic rings. The van der Waals surface area contributed by atoms with E-state index in [1.165, 1.54) is 25.2 Å². The number of hydrogen-bond acceptors (Lipinski definition) is 0. The molecule has 0 radical (unpaired) electrons. The number of hydrogen-bond donors (Lipinski definition) is 0. The van der Waals surface area contributed by atoms with Gasteiger partial charge in [-0.1, -0.05) is 35.6 Å². The number of rotatable bonds is 5. The fourth-order valence-corrected chi connectivity index (χ4v) is 12.1. The maximum atomic E-state index is 2.47. The molecule has 0 saturated carbocycles. The van der Waals surface area contributed by atoms with Crippen LogP contribution in [0.5, 0.6) is 0 Å². The molecule has 2 heterocycles. The second kappa shape index (κ2) is 7.40. The van der Waals surface area contributed by atoms with E-state index in [0.29, 0.717) is 0 Å². The standard InChI is InChI=1S/C20H36P2/c1-13(2)19-9-10-20(14(3)4)22(19)12-11-21-17(7)15(5)16(6)18(21)8/h13-14,19-20H,9-12H2,1-8H3. The monoisotopic (exact) mass is 338 g/mol. The first kappa shape index (κ1) is 18.5. The zero-order valence-electron chi connectivity index (χ0n) is 16.0. The van der Waals surface area contributed by atoms with Crippen LogP contribution in [0.2, 0.25) is 0 Å². The van der Waals surface area contributed by atoms with Crippen LogP contribution >= 0.6 is 15.5 Å². The average molecular weight is 338 g/mol. The Morgan fingerprint density at radius 2 is 1.18 bits per heavy atom. The van der Waals surface area contributed by atoms with Crippen LogP contribution in [-0.4, -0.2) is 17.5 Å². The third-order valence-corrected chi connectivity index (χ3v) is 13.7. The quantitative estimate of drug-likeness (QED) is 0.497. The summed E-state index contributed by atoms with van der Waals surface area (Å²) in [5.41, 5.74) is 5.28. The molecule has 2 atom stereocenters. The highest BCUT2D eigenvalue weighted by atomic mass is 31.1. The molecule has 2 unspecified atom stereocenters. The van der Waals surface area contributed by atoms with Crippen LogP contribution in [0, 0.1) is 39.5 Å². The Kier molecular flexibility index (Phi) is 6.24. The minimum absolute atomic E-state index is 0.0364. The van der Waals surface area contributed by atoms with Gasteiger partial charge in [0.2, 0.25) is 0 Å². The van der Waals surface area contributed by atoms with Crippen LogP contribution in [-0.2, 0) is 6.16 Å². The van der Waals surface area contributed by atoms with Gasteiger partial charge in [-0.05, 0) is 97.7 Å². The second-order valence-corrected chi connectivity index (χ2v) is 13.5. The molecular formula is C20H36P2. The molecule has 0 aromatic carbocycles. The molecular weight excluding hydrogens is 302 g/mol. The Morgan fingerprint density at radius 1 is 0.773 bits per heavy atom. The van der Waals surface area contributed by atoms with Crippen LogP contribution in [0.3, 0.4) is 0 Å².